The number of hydrogen-bond acceptors (Lipinski definition) is 2. The third-order valence-electron chi connectivity index (χ3n) is 3.64. The van der Waals surface area contributed by atoms with Crippen LogP contribution in [0.4, 0.5) is 10.5 Å². The van der Waals surface area contributed by atoms with Crippen molar-refractivity contribution < 1.29 is 9.90 Å². The monoisotopic (exact) mass is 312 g/mol. The molecule has 0 spiro atoms. The van der Waals surface area contributed by atoms with Crippen LogP contribution < -0.4 is 10.6 Å². The summed E-state index contributed by atoms with van der Waals surface area (Å²) in [4.78, 5) is 12.0. The van der Waals surface area contributed by atoms with E-state index in [4.69, 9.17) is 0 Å². The highest BCUT2D eigenvalue weighted by Gasteiger charge is 2.11. The molecule has 0 saturated carbocycles. The van der Waals surface area contributed by atoms with Gasteiger partial charge in [0.05, 0.1) is 6.10 Å². The van der Waals surface area contributed by atoms with E-state index < -0.39 is 6.10 Å². The molecular formula is C19H24N2O2. The van der Waals surface area contributed by atoms with E-state index in [1.54, 1.807) is 0 Å². The number of para-hydroxylation sites is 1. The Hall–Kier alpha value is -2.33. The van der Waals surface area contributed by atoms with Gasteiger partial charge in [0.1, 0.15) is 0 Å². The van der Waals surface area contributed by atoms with Gasteiger partial charge in [-0.2, -0.15) is 0 Å². The Bertz CT molecular complexity index is 626. The van der Waals surface area contributed by atoms with Crippen molar-refractivity contribution in [2.24, 2.45) is 0 Å². The van der Waals surface area contributed by atoms with Gasteiger partial charge >= 0.3 is 6.03 Å². The second kappa shape index (κ2) is 8.34. The zero-order chi connectivity index (χ0) is 16.7. The van der Waals surface area contributed by atoms with E-state index in [0.29, 0.717) is 12.3 Å². The lowest BCUT2D eigenvalue weighted by Crippen LogP contribution is -2.36. The summed E-state index contributed by atoms with van der Waals surface area (Å²) >= 11 is 0. The van der Waals surface area contributed by atoms with Crippen LogP contribution >= 0.6 is 0 Å². The number of carbonyl (C=O) groups is 1. The number of amides is 2. The number of rotatable bonds is 6. The number of nitrogens with one attached hydrogen (secondary N) is 2. The zero-order valence-electron chi connectivity index (χ0n) is 13.6. The van der Waals surface area contributed by atoms with Crippen LogP contribution in [0.5, 0.6) is 0 Å². The van der Waals surface area contributed by atoms with E-state index in [1.807, 2.05) is 54.6 Å². The molecule has 0 radical (unpaired) electrons. The topological polar surface area (TPSA) is 61.4 Å². The van der Waals surface area contributed by atoms with Crippen LogP contribution in [-0.4, -0.2) is 23.8 Å². The molecule has 3 N–H and O–H groups in total. The predicted octanol–water partition coefficient (Wildman–Crippen LogP) is 3.54. The SMILES string of the molecule is CC(C)c1ccccc1NC(=O)NCC(O)Cc1ccccc1. The standard InChI is InChI=1S/C19H24N2O2/c1-14(2)17-10-6-7-11-18(17)21-19(23)20-13-16(22)12-15-8-4-3-5-9-15/h3-11,14,16,22H,12-13H2,1-2H3,(H2,20,21,23). The molecule has 0 bridgehead atoms. The molecule has 1 unspecified atom stereocenters. The smallest absolute Gasteiger partial charge is 0.319 e. The predicted molar refractivity (Wildman–Crippen MR) is 93.7 cm³/mol. The van der Waals surface area contributed by atoms with E-state index in [1.165, 1.54) is 0 Å². The maximum atomic E-state index is 12.0. The van der Waals surface area contributed by atoms with Gasteiger partial charge in [0, 0.05) is 18.7 Å². The number of hydrogen-bond donors (Lipinski definition) is 3. The minimum Gasteiger partial charge on any atom is -0.391 e. The van der Waals surface area contributed by atoms with E-state index in [-0.39, 0.29) is 12.6 Å². The maximum absolute atomic E-state index is 12.0. The fourth-order valence-corrected chi connectivity index (χ4v) is 2.45. The lowest BCUT2D eigenvalue weighted by atomic mass is 10.0. The first kappa shape index (κ1) is 17.0. The molecule has 0 fully saturated rings. The second-order valence-electron chi connectivity index (χ2n) is 5.92. The van der Waals surface area contributed by atoms with Crippen LogP contribution in [0.15, 0.2) is 54.6 Å². The van der Waals surface area contributed by atoms with Crippen molar-refractivity contribution in [2.45, 2.75) is 32.3 Å². The van der Waals surface area contributed by atoms with Gasteiger partial charge in [0.2, 0.25) is 0 Å². The van der Waals surface area contributed by atoms with Gasteiger partial charge in [0.25, 0.3) is 0 Å². The van der Waals surface area contributed by atoms with E-state index >= 15 is 0 Å². The van der Waals surface area contributed by atoms with E-state index in [0.717, 1.165) is 16.8 Å². The Balaban J connectivity index is 1.83. The number of carbonyl (C=O) groups excluding carboxylic acids is 1. The Morgan fingerprint density at radius 2 is 1.70 bits per heavy atom. The zero-order valence-corrected chi connectivity index (χ0v) is 13.6. The quantitative estimate of drug-likeness (QED) is 0.764. The first-order chi connectivity index (χ1) is 11.1. The molecule has 4 nitrogen and oxygen atoms in total. The Morgan fingerprint density at radius 1 is 1.04 bits per heavy atom. The average molecular weight is 312 g/mol. The second-order valence-corrected chi connectivity index (χ2v) is 5.92. The molecule has 2 amide bonds. The summed E-state index contributed by atoms with van der Waals surface area (Å²) in [6.45, 7) is 4.38. The number of aliphatic hydroxyl groups is 1. The van der Waals surface area contributed by atoms with Gasteiger partial charge in [-0.15, -0.1) is 0 Å². The lowest BCUT2D eigenvalue weighted by molar-refractivity contribution is 0.172. The van der Waals surface area contributed by atoms with Crippen molar-refractivity contribution in [1.82, 2.24) is 5.32 Å². The summed E-state index contributed by atoms with van der Waals surface area (Å²) in [5.74, 6) is 0.329. The largest absolute Gasteiger partial charge is 0.391 e. The molecule has 0 saturated heterocycles. The van der Waals surface area contributed by atoms with Crippen molar-refractivity contribution in [2.75, 3.05) is 11.9 Å². The molecule has 122 valence electrons. The number of benzene rings is 2. The summed E-state index contributed by atoms with van der Waals surface area (Å²) in [5.41, 5.74) is 2.94. The Labute approximate surface area is 137 Å². The summed E-state index contributed by atoms with van der Waals surface area (Å²) in [6, 6.07) is 17.2. The molecule has 0 heterocycles. The first-order valence-corrected chi connectivity index (χ1v) is 7.92. The molecule has 2 aromatic rings. The molecule has 2 aromatic carbocycles. The van der Waals surface area contributed by atoms with Crippen LogP contribution in [0.1, 0.15) is 30.9 Å². The molecule has 0 aliphatic carbocycles. The third kappa shape index (κ3) is 5.42. The fraction of sp³-hybridized carbons (Fsp3) is 0.316. The van der Waals surface area contributed by atoms with Crippen molar-refractivity contribution in [3.05, 3.63) is 65.7 Å². The van der Waals surface area contributed by atoms with Crippen LogP contribution in [0, 0.1) is 0 Å². The highest BCUT2D eigenvalue weighted by Crippen LogP contribution is 2.23. The van der Waals surface area contributed by atoms with Crippen molar-refractivity contribution >= 4 is 11.7 Å². The normalized spacial score (nSPS) is 12.0. The molecule has 4 heteroatoms. The van der Waals surface area contributed by atoms with Crippen LogP contribution in [0.3, 0.4) is 0 Å². The number of anilines is 1. The third-order valence-corrected chi connectivity index (χ3v) is 3.64. The lowest BCUT2D eigenvalue weighted by Gasteiger charge is -2.16. The summed E-state index contributed by atoms with van der Waals surface area (Å²) in [5, 5.41) is 15.6. The molecular weight excluding hydrogens is 288 g/mol. The van der Waals surface area contributed by atoms with E-state index in [9.17, 15) is 9.90 Å². The summed E-state index contributed by atoms with van der Waals surface area (Å²) in [6.07, 6.45) is -0.0903. The van der Waals surface area contributed by atoms with Crippen LogP contribution in [-0.2, 0) is 6.42 Å². The minimum atomic E-state index is -0.608. The van der Waals surface area contributed by atoms with Crippen LogP contribution in [0.2, 0.25) is 0 Å². The van der Waals surface area contributed by atoms with Gasteiger partial charge in [0.15, 0.2) is 0 Å². The fourth-order valence-electron chi connectivity index (χ4n) is 2.45. The van der Waals surface area contributed by atoms with Gasteiger partial charge in [-0.1, -0.05) is 62.4 Å². The Kier molecular flexibility index (Phi) is 6.18. The molecule has 0 aliphatic rings. The molecule has 0 aromatic heterocycles. The van der Waals surface area contributed by atoms with Crippen LogP contribution in [0.25, 0.3) is 0 Å². The minimum absolute atomic E-state index is 0.213. The highest BCUT2D eigenvalue weighted by molar-refractivity contribution is 5.90. The van der Waals surface area contributed by atoms with Gasteiger partial charge in [-0.05, 0) is 23.1 Å². The van der Waals surface area contributed by atoms with Crippen molar-refractivity contribution in [1.29, 1.82) is 0 Å². The molecule has 23 heavy (non-hydrogen) atoms. The Morgan fingerprint density at radius 3 is 2.39 bits per heavy atom. The first-order valence-electron chi connectivity index (χ1n) is 7.92. The van der Waals surface area contributed by atoms with Gasteiger partial charge in [-0.3, -0.25) is 0 Å². The highest BCUT2D eigenvalue weighted by atomic mass is 16.3. The summed E-state index contributed by atoms with van der Waals surface area (Å²) < 4.78 is 0. The summed E-state index contributed by atoms with van der Waals surface area (Å²) in [7, 11) is 0. The number of urea groups is 1. The average Bonchev–Trinajstić information content (AvgIpc) is 2.54. The maximum Gasteiger partial charge on any atom is 0.319 e. The number of aliphatic hydroxyl groups excluding tert-OH is 1. The van der Waals surface area contributed by atoms with Gasteiger partial charge < -0.3 is 15.7 Å². The van der Waals surface area contributed by atoms with Gasteiger partial charge in [-0.25, -0.2) is 4.79 Å². The molecule has 0 aliphatic heterocycles. The van der Waals surface area contributed by atoms with Crippen molar-refractivity contribution in [3.63, 3.8) is 0 Å². The molecule has 1 atom stereocenters. The van der Waals surface area contributed by atoms with Crippen molar-refractivity contribution in [3.8, 4) is 0 Å². The molecule has 2 rings (SSSR count). The van der Waals surface area contributed by atoms with E-state index in [2.05, 4.69) is 24.5 Å².